The Bertz CT molecular complexity index is 1110. The first-order chi connectivity index (χ1) is 24.9. The lowest BCUT2D eigenvalue weighted by atomic mass is 10.1. The highest BCUT2D eigenvalue weighted by Gasteiger charge is 2.27. The molecule has 0 saturated heterocycles. The van der Waals surface area contributed by atoms with Crippen molar-refractivity contribution < 1.29 is 52.9 Å². The number of ether oxygens (including phenoxy) is 2. The molecule has 14 heteroatoms. The van der Waals surface area contributed by atoms with Gasteiger partial charge >= 0.3 is 25.7 Å². The lowest BCUT2D eigenvalue weighted by molar-refractivity contribution is -0.161. The molecule has 12 nitrogen and oxygen atoms in total. The van der Waals surface area contributed by atoms with Crippen molar-refractivity contribution in [3.05, 3.63) is 48.6 Å². The van der Waals surface area contributed by atoms with Crippen LogP contribution in [0.4, 0.5) is 0 Å². The predicted octanol–water partition coefficient (Wildman–Crippen LogP) is 7.71. The van der Waals surface area contributed by atoms with Crippen LogP contribution >= 0.6 is 19.6 Å². The second-order valence-electron chi connectivity index (χ2n) is 12.8. The maximum absolute atomic E-state index is 12.9. The van der Waals surface area contributed by atoms with Crippen molar-refractivity contribution in [2.24, 2.45) is 5.73 Å². The largest absolute Gasteiger partial charge is 0.481 e. The Morgan fingerprint density at radius 2 is 1.42 bits per heavy atom. The summed E-state index contributed by atoms with van der Waals surface area (Å²) in [6, 6.07) is -1.20. The zero-order chi connectivity index (χ0) is 38.9. The molecule has 0 aliphatic heterocycles. The summed E-state index contributed by atoms with van der Waals surface area (Å²) in [5, 5.41) is 19.3. The third-order valence-electron chi connectivity index (χ3n) is 7.85. The number of carbonyl (C=O) groups excluding carboxylic acids is 2. The number of phosphoric acid groups is 1. The Kier molecular flexibility index (Phi) is 31.9. The summed E-state index contributed by atoms with van der Waals surface area (Å²) in [6.07, 6.45) is 29.0. The average molecular weight is 776 g/mol. The minimum Gasteiger partial charge on any atom is -0.481 e. The molecule has 0 aromatic carbocycles. The van der Waals surface area contributed by atoms with Gasteiger partial charge in [-0.2, -0.15) is 0 Å². The first kappa shape index (κ1) is 49.8. The van der Waals surface area contributed by atoms with E-state index in [2.05, 4.69) is 30.5 Å². The number of carboxylic acids is 1. The Morgan fingerprint density at radius 1 is 0.788 bits per heavy atom. The van der Waals surface area contributed by atoms with Gasteiger partial charge in [0, 0.05) is 23.8 Å². The number of nitrogens with two attached hydrogens (primary N) is 1. The number of hydrogen-bond acceptors (Lipinski definition) is 10. The van der Waals surface area contributed by atoms with E-state index >= 15 is 0 Å². The van der Waals surface area contributed by atoms with Gasteiger partial charge in [-0.15, -0.1) is 11.8 Å². The number of esters is 2. The molecule has 0 heterocycles. The molecule has 0 saturated carbocycles. The van der Waals surface area contributed by atoms with Gasteiger partial charge in [-0.05, 0) is 38.5 Å². The van der Waals surface area contributed by atoms with Gasteiger partial charge < -0.3 is 35.2 Å². The van der Waals surface area contributed by atoms with Crippen LogP contribution in [0.2, 0.25) is 0 Å². The number of carboxylic acid groups (broad SMARTS) is 1. The molecule has 0 rings (SSSR count). The van der Waals surface area contributed by atoms with E-state index in [9.17, 15) is 24.1 Å². The number of carbonyl (C=O) groups is 3. The smallest absolute Gasteiger partial charge is 0.469 e. The van der Waals surface area contributed by atoms with Crippen LogP contribution in [0.25, 0.3) is 0 Å². The van der Waals surface area contributed by atoms with E-state index < -0.39 is 62.4 Å². The van der Waals surface area contributed by atoms with Crippen LogP contribution in [-0.2, 0) is 32.9 Å². The summed E-state index contributed by atoms with van der Waals surface area (Å²) in [7, 11) is -4.91. The molecular weight excluding hydrogens is 709 g/mol. The Balaban J connectivity index is 5.07. The molecule has 300 valence electrons. The van der Waals surface area contributed by atoms with Crippen LogP contribution in [-0.4, -0.2) is 80.4 Å². The van der Waals surface area contributed by atoms with E-state index in [1.165, 1.54) is 63.1 Å². The van der Waals surface area contributed by atoms with E-state index in [0.717, 1.165) is 32.1 Å². The minimum absolute atomic E-state index is 0.00248. The highest BCUT2D eigenvalue weighted by molar-refractivity contribution is 8.00. The van der Waals surface area contributed by atoms with Gasteiger partial charge in [0.1, 0.15) is 12.6 Å². The lowest BCUT2D eigenvalue weighted by Crippen LogP contribution is -2.40. The number of hydrogen-bond donors (Lipinski definition) is 5. The molecule has 0 aromatic rings. The fourth-order valence-electron chi connectivity index (χ4n) is 4.85. The Morgan fingerprint density at radius 3 is 2.08 bits per heavy atom. The van der Waals surface area contributed by atoms with Crippen LogP contribution in [0.5, 0.6) is 0 Å². The van der Waals surface area contributed by atoms with E-state index in [1.54, 1.807) is 18.2 Å². The fraction of sp³-hybridized carbons (Fsp3) is 0.711. The van der Waals surface area contributed by atoms with Crippen molar-refractivity contribution in [2.45, 2.75) is 153 Å². The molecule has 4 atom stereocenters. The van der Waals surface area contributed by atoms with E-state index in [-0.39, 0.29) is 31.4 Å². The third-order valence-corrected chi connectivity index (χ3v) is 9.74. The van der Waals surface area contributed by atoms with Gasteiger partial charge in [-0.3, -0.25) is 18.9 Å². The summed E-state index contributed by atoms with van der Waals surface area (Å²) in [4.78, 5) is 54.4. The predicted molar refractivity (Wildman–Crippen MR) is 208 cm³/mol. The molecule has 0 spiro atoms. The molecular formula is C38H66NO11PS. The number of rotatable bonds is 34. The average Bonchev–Trinajstić information content (AvgIpc) is 3.09. The fourth-order valence-corrected chi connectivity index (χ4v) is 6.34. The van der Waals surface area contributed by atoms with E-state index in [0.29, 0.717) is 6.42 Å². The SMILES string of the molecule is CCCCC/C=C\C\C=C/C=C/C=C/[C@@H](SC[C@H](N)C(=O)O[C@H](COC(=O)CCCCCCCCCCC)COP(=O)(O)O)[C@@H](O)CCCC(=O)O. The summed E-state index contributed by atoms with van der Waals surface area (Å²) >= 11 is 1.18. The van der Waals surface area contributed by atoms with Crippen LogP contribution in [0, 0.1) is 0 Å². The van der Waals surface area contributed by atoms with Gasteiger partial charge in [-0.1, -0.05) is 127 Å². The Labute approximate surface area is 315 Å². The molecule has 0 bridgehead atoms. The summed E-state index contributed by atoms with van der Waals surface area (Å²) < 4.78 is 26.4. The molecule has 52 heavy (non-hydrogen) atoms. The second kappa shape index (κ2) is 33.3. The molecule has 0 amide bonds. The van der Waals surface area contributed by atoms with Gasteiger partial charge in [0.2, 0.25) is 0 Å². The zero-order valence-electron chi connectivity index (χ0n) is 31.4. The van der Waals surface area contributed by atoms with E-state index in [4.69, 9.17) is 30.1 Å². The molecule has 0 aromatic heterocycles. The van der Waals surface area contributed by atoms with Crippen molar-refractivity contribution in [2.75, 3.05) is 19.0 Å². The number of phosphoric ester groups is 1. The minimum atomic E-state index is -4.91. The van der Waals surface area contributed by atoms with Crippen molar-refractivity contribution in [1.82, 2.24) is 0 Å². The van der Waals surface area contributed by atoms with Crippen LogP contribution < -0.4 is 5.73 Å². The number of allylic oxidation sites excluding steroid dienone is 7. The van der Waals surface area contributed by atoms with Gasteiger partial charge in [0.05, 0.1) is 12.7 Å². The summed E-state index contributed by atoms with van der Waals surface area (Å²) in [6.45, 7) is 3.17. The molecule has 0 aliphatic rings. The number of aliphatic carboxylic acids is 1. The van der Waals surface area contributed by atoms with Crippen LogP contribution in [0.1, 0.15) is 129 Å². The molecule has 0 fully saturated rings. The lowest BCUT2D eigenvalue weighted by Gasteiger charge is -2.23. The molecule has 6 N–H and O–H groups in total. The first-order valence-electron chi connectivity index (χ1n) is 18.9. The topological polar surface area (TPSA) is 203 Å². The van der Waals surface area contributed by atoms with Gasteiger partial charge in [0.15, 0.2) is 6.10 Å². The second-order valence-corrected chi connectivity index (χ2v) is 15.2. The normalized spacial score (nSPS) is 14.7. The highest BCUT2D eigenvalue weighted by Crippen LogP contribution is 2.36. The van der Waals surface area contributed by atoms with E-state index in [1.807, 2.05) is 18.2 Å². The quantitative estimate of drug-likeness (QED) is 0.0140. The molecule has 0 aliphatic carbocycles. The van der Waals surface area contributed by atoms with Crippen molar-refractivity contribution in [1.29, 1.82) is 0 Å². The number of aliphatic hydroxyl groups is 1. The van der Waals surface area contributed by atoms with Crippen molar-refractivity contribution in [3.63, 3.8) is 0 Å². The Hall–Kier alpha value is -2.25. The van der Waals surface area contributed by atoms with Gasteiger partial charge in [0.25, 0.3) is 0 Å². The summed E-state index contributed by atoms with van der Waals surface area (Å²) in [5.74, 6) is -2.39. The van der Waals surface area contributed by atoms with Crippen LogP contribution in [0.15, 0.2) is 48.6 Å². The molecule has 0 radical (unpaired) electrons. The number of aliphatic hydroxyl groups excluding tert-OH is 1. The van der Waals surface area contributed by atoms with Gasteiger partial charge in [-0.25, -0.2) is 4.57 Å². The summed E-state index contributed by atoms with van der Waals surface area (Å²) in [5.41, 5.74) is 6.09. The van der Waals surface area contributed by atoms with Crippen LogP contribution in [0.3, 0.4) is 0 Å². The third kappa shape index (κ3) is 32.4. The standard InChI is InChI=1S/C38H66NO11PS/c1-3-5-7-9-11-13-14-15-17-18-20-22-26-35(34(40)25-24-27-36(41)42)52-31-33(39)38(44)50-32(30-49-51(45,46)47)29-48-37(43)28-23-21-19-16-12-10-8-6-4-2/h11,13,15,17-18,20,22,26,32-35,40H,3-10,12,14,16,19,21,23-25,27-31,39H2,1-2H3,(H,41,42)(H2,45,46,47)/b13-11-,17-15-,20-18+,26-22+/t32-,33+,34+,35-/m1/s1. The maximum atomic E-state index is 12.9. The van der Waals surface area contributed by atoms with Crippen molar-refractivity contribution >= 4 is 37.5 Å². The first-order valence-corrected chi connectivity index (χ1v) is 21.5. The highest BCUT2D eigenvalue weighted by atomic mass is 32.2. The monoisotopic (exact) mass is 775 g/mol. The van der Waals surface area contributed by atoms with Crippen molar-refractivity contribution in [3.8, 4) is 0 Å². The molecule has 0 unspecified atom stereocenters. The zero-order valence-corrected chi connectivity index (χ0v) is 33.1. The maximum Gasteiger partial charge on any atom is 0.469 e. The number of thioether (sulfide) groups is 1. The number of unbranched alkanes of at least 4 members (excludes halogenated alkanes) is 11.